The zero-order chi connectivity index (χ0) is 15.8. The molecule has 2 rings (SSSR count). The molecule has 0 atom stereocenters. The van der Waals surface area contributed by atoms with E-state index in [1.807, 2.05) is 24.3 Å². The van der Waals surface area contributed by atoms with E-state index in [-0.39, 0.29) is 11.7 Å². The van der Waals surface area contributed by atoms with Crippen LogP contribution < -0.4 is 10.1 Å². The van der Waals surface area contributed by atoms with Gasteiger partial charge in [-0.25, -0.2) is 4.39 Å². The van der Waals surface area contributed by atoms with E-state index in [0.717, 1.165) is 15.8 Å². The summed E-state index contributed by atoms with van der Waals surface area (Å²) in [6, 6.07) is 13.4. The Labute approximate surface area is 136 Å². The minimum absolute atomic E-state index is 0.220. The first-order valence-corrected chi connectivity index (χ1v) is 7.52. The van der Waals surface area contributed by atoms with Crippen molar-refractivity contribution in [2.24, 2.45) is 0 Å². The summed E-state index contributed by atoms with van der Waals surface area (Å²) >= 11 is 3.36. The van der Waals surface area contributed by atoms with Crippen LogP contribution in [-0.4, -0.2) is 19.1 Å². The number of carbonyl (C=O) groups is 1. The van der Waals surface area contributed by atoms with Crippen molar-refractivity contribution in [1.82, 2.24) is 5.32 Å². The number of hydrogen-bond acceptors (Lipinski definition) is 2. The lowest BCUT2D eigenvalue weighted by Gasteiger charge is -2.06. The number of carbonyl (C=O) groups excluding carboxylic acids is 1. The smallest absolute Gasteiger partial charge is 0.244 e. The fraction of sp³-hybridized carbons (Fsp3) is 0.118. The number of halogens is 2. The van der Waals surface area contributed by atoms with E-state index < -0.39 is 0 Å². The second-order valence-corrected chi connectivity index (χ2v) is 5.40. The summed E-state index contributed by atoms with van der Waals surface area (Å²) in [4.78, 5) is 11.6. The van der Waals surface area contributed by atoms with Crippen LogP contribution in [0.15, 0.2) is 59.1 Å². The first-order valence-electron chi connectivity index (χ1n) is 6.73. The van der Waals surface area contributed by atoms with Crippen LogP contribution in [0, 0.1) is 5.82 Å². The van der Waals surface area contributed by atoms with Crippen LogP contribution in [-0.2, 0) is 4.79 Å². The van der Waals surface area contributed by atoms with Crippen molar-refractivity contribution in [3.05, 3.63) is 70.5 Å². The molecule has 0 bridgehead atoms. The van der Waals surface area contributed by atoms with Crippen LogP contribution in [0.2, 0.25) is 0 Å². The molecule has 0 aliphatic heterocycles. The number of benzene rings is 2. The van der Waals surface area contributed by atoms with Gasteiger partial charge in [-0.05, 0) is 42.0 Å². The van der Waals surface area contributed by atoms with Gasteiger partial charge >= 0.3 is 0 Å². The molecule has 2 aromatic rings. The highest BCUT2D eigenvalue weighted by molar-refractivity contribution is 9.10. The highest BCUT2D eigenvalue weighted by atomic mass is 79.9. The summed E-state index contributed by atoms with van der Waals surface area (Å²) in [7, 11) is 0. The average Bonchev–Trinajstić information content (AvgIpc) is 2.51. The first-order chi connectivity index (χ1) is 10.6. The molecule has 0 heterocycles. The Kier molecular flexibility index (Phi) is 6.15. The predicted octanol–water partition coefficient (Wildman–Crippen LogP) is 3.80. The number of hydrogen-bond donors (Lipinski definition) is 1. The topological polar surface area (TPSA) is 38.3 Å². The van der Waals surface area contributed by atoms with Crippen molar-refractivity contribution in [1.29, 1.82) is 0 Å². The van der Waals surface area contributed by atoms with Gasteiger partial charge in [-0.2, -0.15) is 0 Å². The maximum Gasteiger partial charge on any atom is 0.244 e. The molecule has 0 unspecified atom stereocenters. The molecule has 0 aromatic heterocycles. The van der Waals surface area contributed by atoms with Crippen molar-refractivity contribution in [3.8, 4) is 5.75 Å². The lowest BCUT2D eigenvalue weighted by Crippen LogP contribution is -2.26. The first kappa shape index (κ1) is 16.2. The Bertz CT molecular complexity index is 656. The van der Waals surface area contributed by atoms with Gasteiger partial charge in [0.05, 0.1) is 6.54 Å². The summed E-state index contributed by atoms with van der Waals surface area (Å²) in [5.41, 5.74) is 0.766. The van der Waals surface area contributed by atoms with Crippen LogP contribution in [0.1, 0.15) is 5.56 Å². The van der Waals surface area contributed by atoms with Crippen LogP contribution in [0.5, 0.6) is 5.75 Å². The van der Waals surface area contributed by atoms with Gasteiger partial charge < -0.3 is 10.1 Å². The third-order valence-electron chi connectivity index (χ3n) is 2.76. The quantitative estimate of drug-likeness (QED) is 0.626. The molecule has 0 fully saturated rings. The van der Waals surface area contributed by atoms with Gasteiger partial charge in [-0.15, -0.1) is 0 Å². The van der Waals surface area contributed by atoms with E-state index in [1.54, 1.807) is 18.2 Å². The molecule has 0 aliphatic carbocycles. The molecular weight excluding hydrogens is 349 g/mol. The van der Waals surface area contributed by atoms with Crippen molar-refractivity contribution in [3.63, 3.8) is 0 Å². The van der Waals surface area contributed by atoms with Gasteiger partial charge in [0.1, 0.15) is 18.2 Å². The highest BCUT2D eigenvalue weighted by Crippen LogP contribution is 2.17. The molecule has 0 saturated heterocycles. The van der Waals surface area contributed by atoms with Gasteiger partial charge in [0.15, 0.2) is 0 Å². The van der Waals surface area contributed by atoms with Gasteiger partial charge in [-0.1, -0.05) is 34.1 Å². The van der Waals surface area contributed by atoms with E-state index >= 15 is 0 Å². The summed E-state index contributed by atoms with van der Waals surface area (Å²) in [5.74, 6) is 0.221. The Morgan fingerprint density at radius 2 is 2.00 bits per heavy atom. The van der Waals surface area contributed by atoms with Gasteiger partial charge in [-0.3, -0.25) is 4.79 Å². The maximum absolute atomic E-state index is 12.7. The molecule has 114 valence electrons. The average molecular weight is 364 g/mol. The number of ether oxygens (including phenoxy) is 1. The monoisotopic (exact) mass is 363 g/mol. The van der Waals surface area contributed by atoms with Crippen molar-refractivity contribution >= 4 is 27.9 Å². The Morgan fingerprint density at radius 1 is 1.23 bits per heavy atom. The minimum atomic E-state index is -0.300. The van der Waals surface area contributed by atoms with Crippen LogP contribution in [0.3, 0.4) is 0 Å². The zero-order valence-corrected chi connectivity index (χ0v) is 13.3. The van der Waals surface area contributed by atoms with Crippen molar-refractivity contribution < 1.29 is 13.9 Å². The summed E-state index contributed by atoms with van der Waals surface area (Å²) in [5, 5.41) is 2.71. The number of nitrogens with one attached hydrogen (secondary N) is 1. The largest absolute Gasteiger partial charge is 0.492 e. The van der Waals surface area contributed by atoms with Gasteiger partial charge in [0.2, 0.25) is 5.91 Å². The predicted molar refractivity (Wildman–Crippen MR) is 88.1 cm³/mol. The highest BCUT2D eigenvalue weighted by Gasteiger charge is 1.97. The Balaban J connectivity index is 1.70. The van der Waals surface area contributed by atoms with E-state index in [9.17, 15) is 9.18 Å². The van der Waals surface area contributed by atoms with Crippen LogP contribution in [0.4, 0.5) is 4.39 Å². The molecule has 1 N–H and O–H groups in total. The Morgan fingerprint density at radius 3 is 2.73 bits per heavy atom. The van der Waals surface area contributed by atoms with E-state index in [1.165, 1.54) is 18.2 Å². The molecule has 2 aromatic carbocycles. The molecular formula is C17H15BrFNO2. The van der Waals surface area contributed by atoms with Crippen LogP contribution >= 0.6 is 15.9 Å². The summed E-state index contributed by atoms with van der Waals surface area (Å²) < 4.78 is 19.2. The summed E-state index contributed by atoms with van der Waals surface area (Å²) in [6.45, 7) is 0.783. The second kappa shape index (κ2) is 8.34. The minimum Gasteiger partial charge on any atom is -0.492 e. The molecule has 1 amide bonds. The second-order valence-electron chi connectivity index (χ2n) is 4.48. The van der Waals surface area contributed by atoms with Gasteiger partial charge in [0.25, 0.3) is 0 Å². The van der Waals surface area contributed by atoms with Crippen LogP contribution in [0.25, 0.3) is 6.08 Å². The maximum atomic E-state index is 12.7. The summed E-state index contributed by atoms with van der Waals surface area (Å²) in [6.07, 6.45) is 3.04. The van der Waals surface area contributed by atoms with Crippen molar-refractivity contribution in [2.75, 3.05) is 13.2 Å². The molecule has 22 heavy (non-hydrogen) atoms. The third kappa shape index (κ3) is 5.69. The molecule has 3 nitrogen and oxygen atoms in total. The normalized spacial score (nSPS) is 10.6. The molecule has 5 heteroatoms. The van der Waals surface area contributed by atoms with Crippen molar-refractivity contribution in [2.45, 2.75) is 0 Å². The lowest BCUT2D eigenvalue weighted by molar-refractivity contribution is -0.116. The molecule has 0 aliphatic rings. The fourth-order valence-electron chi connectivity index (χ4n) is 1.70. The molecule has 0 radical (unpaired) electrons. The number of amides is 1. The number of rotatable bonds is 6. The lowest BCUT2D eigenvalue weighted by atomic mass is 10.2. The standard InChI is InChI=1S/C17H15BrFNO2/c18-14-2-1-3-16(12-14)22-11-10-20-17(21)9-6-13-4-7-15(19)8-5-13/h1-9,12H,10-11H2,(H,20,21)/b9-6+. The zero-order valence-electron chi connectivity index (χ0n) is 11.8. The molecule has 0 saturated carbocycles. The SMILES string of the molecule is O=C(/C=C/c1ccc(F)cc1)NCCOc1cccc(Br)c1. The Hall–Kier alpha value is -2.14. The third-order valence-corrected chi connectivity index (χ3v) is 3.26. The van der Waals surface area contributed by atoms with Gasteiger partial charge in [0, 0.05) is 10.5 Å². The molecule has 0 spiro atoms. The van der Waals surface area contributed by atoms with E-state index in [4.69, 9.17) is 4.74 Å². The van der Waals surface area contributed by atoms with E-state index in [2.05, 4.69) is 21.2 Å². The van der Waals surface area contributed by atoms with E-state index in [0.29, 0.717) is 13.2 Å². The fourth-order valence-corrected chi connectivity index (χ4v) is 2.08.